The summed E-state index contributed by atoms with van der Waals surface area (Å²) in [5.41, 5.74) is 8.43. The molecule has 2 unspecified atom stereocenters. The number of hydrogen-bond acceptors (Lipinski definition) is 5. The summed E-state index contributed by atoms with van der Waals surface area (Å²) in [6.45, 7) is 1.81. The van der Waals surface area contributed by atoms with Gasteiger partial charge in [0.25, 0.3) is 5.91 Å². The van der Waals surface area contributed by atoms with Crippen molar-refractivity contribution in [1.82, 2.24) is 4.90 Å². The van der Waals surface area contributed by atoms with Gasteiger partial charge in [-0.3, -0.25) is 4.79 Å². The second kappa shape index (κ2) is 7.73. The number of nitrogens with zero attached hydrogens (tertiary/aromatic N) is 1. The SMILES string of the molecule is CC(Oc1ccc2c3c(c(=O)oc2c1)CCCC3)C(=O)N1[C@@H]2CCC[C@H]1CC(N)C2. The lowest BCUT2D eigenvalue weighted by atomic mass is 9.82. The Bertz CT molecular complexity index is 1020. The molecule has 0 spiro atoms. The zero-order chi connectivity index (χ0) is 20.8. The fourth-order valence-corrected chi connectivity index (χ4v) is 5.75. The van der Waals surface area contributed by atoms with Crippen LogP contribution in [0.15, 0.2) is 27.4 Å². The zero-order valence-electron chi connectivity index (χ0n) is 17.6. The molecule has 2 aliphatic heterocycles. The Kier molecular flexibility index (Phi) is 5.05. The lowest BCUT2D eigenvalue weighted by Gasteiger charge is -2.48. The minimum absolute atomic E-state index is 0.0311. The van der Waals surface area contributed by atoms with E-state index in [9.17, 15) is 9.59 Å². The van der Waals surface area contributed by atoms with Crippen molar-refractivity contribution in [2.75, 3.05) is 0 Å². The number of ether oxygens (including phenoxy) is 1. The molecule has 3 aliphatic rings. The summed E-state index contributed by atoms with van der Waals surface area (Å²) in [5, 5.41) is 0.982. The van der Waals surface area contributed by atoms with Gasteiger partial charge in [0.05, 0.1) is 0 Å². The number of carbonyl (C=O) groups excluding carboxylic acids is 1. The van der Waals surface area contributed by atoms with E-state index < -0.39 is 6.10 Å². The van der Waals surface area contributed by atoms with Crippen molar-refractivity contribution < 1.29 is 13.9 Å². The molecule has 1 aliphatic carbocycles. The predicted molar refractivity (Wildman–Crippen MR) is 115 cm³/mol. The highest BCUT2D eigenvalue weighted by atomic mass is 16.5. The molecule has 1 aromatic heterocycles. The van der Waals surface area contributed by atoms with Gasteiger partial charge >= 0.3 is 5.63 Å². The third-order valence-electron chi connectivity index (χ3n) is 7.12. The molecule has 160 valence electrons. The summed E-state index contributed by atoms with van der Waals surface area (Å²) in [6, 6.07) is 6.24. The monoisotopic (exact) mass is 410 g/mol. The second-order valence-electron chi connectivity index (χ2n) is 9.19. The minimum Gasteiger partial charge on any atom is -0.481 e. The Balaban J connectivity index is 1.37. The summed E-state index contributed by atoms with van der Waals surface area (Å²) >= 11 is 0. The lowest BCUT2D eigenvalue weighted by Crippen LogP contribution is -2.59. The average molecular weight is 411 g/mol. The Morgan fingerprint density at radius 1 is 1.13 bits per heavy atom. The topological polar surface area (TPSA) is 85.8 Å². The van der Waals surface area contributed by atoms with E-state index in [1.807, 2.05) is 17.0 Å². The Morgan fingerprint density at radius 3 is 2.57 bits per heavy atom. The number of nitrogens with two attached hydrogens (primary N) is 1. The third kappa shape index (κ3) is 3.41. The van der Waals surface area contributed by atoms with Crippen LogP contribution in [-0.4, -0.2) is 35.0 Å². The number of carbonyl (C=O) groups is 1. The first kappa shape index (κ1) is 19.6. The fourth-order valence-electron chi connectivity index (χ4n) is 5.75. The largest absolute Gasteiger partial charge is 0.481 e. The van der Waals surface area contributed by atoms with Gasteiger partial charge in [-0.1, -0.05) is 0 Å². The van der Waals surface area contributed by atoms with Crippen LogP contribution < -0.4 is 16.1 Å². The van der Waals surface area contributed by atoms with Crippen LogP contribution in [0.1, 0.15) is 63.0 Å². The number of hydrogen-bond donors (Lipinski definition) is 1. The highest BCUT2D eigenvalue weighted by Gasteiger charge is 2.41. The van der Waals surface area contributed by atoms with Gasteiger partial charge in [-0.05, 0) is 82.4 Å². The van der Waals surface area contributed by atoms with Crippen molar-refractivity contribution in [3.05, 3.63) is 39.7 Å². The summed E-state index contributed by atoms with van der Waals surface area (Å²) < 4.78 is 11.6. The van der Waals surface area contributed by atoms with Crippen molar-refractivity contribution in [3.63, 3.8) is 0 Å². The smallest absolute Gasteiger partial charge is 0.339 e. The van der Waals surface area contributed by atoms with Gasteiger partial charge in [-0.15, -0.1) is 0 Å². The van der Waals surface area contributed by atoms with Gasteiger partial charge in [0.2, 0.25) is 0 Å². The van der Waals surface area contributed by atoms with Gasteiger partial charge in [-0.2, -0.15) is 0 Å². The van der Waals surface area contributed by atoms with Gasteiger partial charge in [0.15, 0.2) is 6.10 Å². The van der Waals surface area contributed by atoms with Crippen molar-refractivity contribution >= 4 is 16.9 Å². The number of benzene rings is 1. The van der Waals surface area contributed by atoms with Gasteiger partial charge < -0.3 is 19.8 Å². The maximum Gasteiger partial charge on any atom is 0.339 e. The first-order valence-corrected chi connectivity index (χ1v) is 11.3. The number of piperidine rings is 2. The second-order valence-corrected chi connectivity index (χ2v) is 9.19. The van der Waals surface area contributed by atoms with E-state index in [1.165, 1.54) is 0 Å². The summed E-state index contributed by atoms with van der Waals surface area (Å²) in [7, 11) is 0. The molecule has 2 N–H and O–H groups in total. The average Bonchev–Trinajstić information content (AvgIpc) is 2.72. The van der Waals surface area contributed by atoms with Crippen LogP contribution in [0, 0.1) is 0 Å². The van der Waals surface area contributed by atoms with Crippen LogP contribution in [0.5, 0.6) is 5.75 Å². The molecule has 5 rings (SSSR count). The molecular weight excluding hydrogens is 380 g/mol. The fraction of sp³-hybridized carbons (Fsp3) is 0.583. The van der Waals surface area contributed by atoms with Gasteiger partial charge in [0.1, 0.15) is 11.3 Å². The summed E-state index contributed by atoms with van der Waals surface area (Å²) in [6.07, 6.45) is 8.20. The van der Waals surface area contributed by atoms with E-state index >= 15 is 0 Å². The van der Waals surface area contributed by atoms with Crippen LogP contribution >= 0.6 is 0 Å². The highest BCUT2D eigenvalue weighted by Crippen LogP contribution is 2.35. The molecule has 30 heavy (non-hydrogen) atoms. The number of fused-ring (bicyclic) bond motifs is 5. The number of amides is 1. The summed E-state index contributed by atoms with van der Waals surface area (Å²) in [5.74, 6) is 0.588. The van der Waals surface area contributed by atoms with E-state index in [2.05, 4.69) is 0 Å². The van der Waals surface area contributed by atoms with Crippen LogP contribution in [0.2, 0.25) is 0 Å². The normalized spacial score (nSPS) is 26.9. The maximum absolute atomic E-state index is 13.2. The van der Waals surface area contributed by atoms with Crippen LogP contribution in [-0.2, 0) is 17.6 Å². The standard InChI is InChI=1S/C24H30N2O4/c1-14(23(27)26-16-5-4-6-17(26)12-15(25)11-16)29-18-9-10-20-19-7-2-3-8-21(19)24(28)30-22(20)13-18/h9-10,13-17H,2-8,11-12,25H2,1H3/t14?,15?,16-,17+. The molecule has 1 amide bonds. The quantitative estimate of drug-likeness (QED) is 0.785. The van der Waals surface area contributed by atoms with Crippen LogP contribution in [0.25, 0.3) is 11.0 Å². The van der Waals surface area contributed by atoms with Crippen molar-refractivity contribution in [2.45, 2.75) is 88.9 Å². The van der Waals surface area contributed by atoms with Crippen molar-refractivity contribution in [3.8, 4) is 5.75 Å². The van der Waals surface area contributed by atoms with Crippen LogP contribution in [0.3, 0.4) is 0 Å². The maximum atomic E-state index is 13.2. The molecule has 0 radical (unpaired) electrons. The van der Waals surface area contributed by atoms with Gasteiger partial charge in [-0.25, -0.2) is 4.79 Å². The van der Waals surface area contributed by atoms with Crippen LogP contribution in [0.4, 0.5) is 0 Å². The Labute approximate surface area is 176 Å². The molecule has 0 saturated carbocycles. The molecule has 4 atom stereocenters. The molecule has 6 heteroatoms. The molecule has 2 saturated heterocycles. The predicted octanol–water partition coefficient (Wildman–Crippen LogP) is 3.31. The van der Waals surface area contributed by atoms with Gasteiger partial charge in [0, 0.05) is 35.1 Å². The van der Waals surface area contributed by atoms with E-state index in [0.717, 1.165) is 74.3 Å². The van der Waals surface area contributed by atoms with Crippen molar-refractivity contribution in [2.24, 2.45) is 5.73 Å². The Morgan fingerprint density at radius 2 is 1.83 bits per heavy atom. The minimum atomic E-state index is -0.593. The molecule has 3 heterocycles. The number of rotatable bonds is 3. The lowest BCUT2D eigenvalue weighted by molar-refractivity contribution is -0.148. The molecule has 2 aromatic rings. The molecule has 2 fully saturated rings. The first-order valence-electron chi connectivity index (χ1n) is 11.3. The summed E-state index contributed by atoms with van der Waals surface area (Å²) in [4.78, 5) is 27.6. The third-order valence-corrected chi connectivity index (χ3v) is 7.12. The molecule has 2 bridgehead atoms. The molecule has 1 aromatic carbocycles. The van der Waals surface area contributed by atoms with E-state index in [-0.39, 0.29) is 29.7 Å². The van der Waals surface area contributed by atoms with Crippen molar-refractivity contribution in [1.29, 1.82) is 0 Å². The Hall–Kier alpha value is -2.34. The highest BCUT2D eigenvalue weighted by molar-refractivity contribution is 5.84. The van der Waals surface area contributed by atoms with E-state index in [4.69, 9.17) is 14.9 Å². The number of aryl methyl sites for hydroxylation is 1. The zero-order valence-corrected chi connectivity index (χ0v) is 17.6. The van der Waals surface area contributed by atoms with E-state index in [0.29, 0.717) is 11.3 Å². The first-order chi connectivity index (χ1) is 14.5. The molecule has 6 nitrogen and oxygen atoms in total. The van der Waals surface area contributed by atoms with E-state index in [1.54, 1.807) is 13.0 Å². The molecular formula is C24H30N2O4.